The van der Waals surface area contributed by atoms with Gasteiger partial charge in [-0.25, -0.2) is 0 Å². The first-order valence-corrected chi connectivity index (χ1v) is 8.46. The lowest BCUT2D eigenvalue weighted by Crippen LogP contribution is -2.17. The summed E-state index contributed by atoms with van der Waals surface area (Å²) >= 11 is 0. The fourth-order valence-electron chi connectivity index (χ4n) is 2.56. The lowest BCUT2D eigenvalue weighted by molar-refractivity contribution is -0.116. The highest BCUT2D eigenvalue weighted by molar-refractivity contribution is 5.92. The summed E-state index contributed by atoms with van der Waals surface area (Å²) in [6.07, 6.45) is 0.358. The molecule has 2 aromatic rings. The van der Waals surface area contributed by atoms with Crippen LogP contribution in [0, 0.1) is 0 Å². The molecule has 5 heteroatoms. The lowest BCUT2D eigenvalue weighted by atomic mass is 10.0. The Bertz CT molecular complexity index is 741. The molecule has 5 nitrogen and oxygen atoms in total. The number of rotatable bonds is 7. The molecule has 2 aromatic carbocycles. The van der Waals surface area contributed by atoms with Gasteiger partial charge in [0.2, 0.25) is 11.8 Å². The van der Waals surface area contributed by atoms with Crippen molar-refractivity contribution in [3.8, 4) is 0 Å². The molecule has 0 saturated carbocycles. The number of carbonyl (C=O) groups is 2. The monoisotopic (exact) mass is 339 g/mol. The van der Waals surface area contributed by atoms with Crippen molar-refractivity contribution in [1.82, 2.24) is 0 Å². The number of para-hydroxylation sites is 1. The maximum Gasteiger partial charge on any atom is 0.226 e. The highest BCUT2D eigenvalue weighted by atomic mass is 16.2. The standard InChI is InChI=1S/C20H25N3O2/c1-14(2)18-9-4-5-10-19(18)23-20(25)11-12-21-16-7-6-8-17(13-16)22-15(3)24/h4-10,13-14,21H,11-12H2,1-3H3,(H,22,24)(H,23,25). The van der Waals surface area contributed by atoms with Gasteiger partial charge in [-0.3, -0.25) is 9.59 Å². The Balaban J connectivity index is 1.86. The summed E-state index contributed by atoms with van der Waals surface area (Å²) < 4.78 is 0. The Morgan fingerprint density at radius 1 is 0.960 bits per heavy atom. The van der Waals surface area contributed by atoms with E-state index >= 15 is 0 Å². The Kier molecular flexibility index (Phi) is 6.57. The largest absolute Gasteiger partial charge is 0.384 e. The van der Waals surface area contributed by atoms with Gasteiger partial charge < -0.3 is 16.0 Å². The molecule has 0 aliphatic carbocycles. The summed E-state index contributed by atoms with van der Waals surface area (Å²) in [5, 5.41) is 8.92. The second-order valence-corrected chi connectivity index (χ2v) is 6.23. The molecule has 0 spiro atoms. The van der Waals surface area contributed by atoms with Crippen LogP contribution >= 0.6 is 0 Å². The van der Waals surface area contributed by atoms with E-state index in [1.165, 1.54) is 6.92 Å². The summed E-state index contributed by atoms with van der Waals surface area (Å²) in [7, 11) is 0. The molecule has 0 aliphatic heterocycles. The highest BCUT2D eigenvalue weighted by Crippen LogP contribution is 2.23. The van der Waals surface area contributed by atoms with E-state index in [-0.39, 0.29) is 11.8 Å². The molecular weight excluding hydrogens is 314 g/mol. The number of nitrogens with one attached hydrogen (secondary N) is 3. The maximum absolute atomic E-state index is 12.2. The van der Waals surface area contributed by atoms with Crippen LogP contribution < -0.4 is 16.0 Å². The van der Waals surface area contributed by atoms with Crippen molar-refractivity contribution < 1.29 is 9.59 Å². The van der Waals surface area contributed by atoms with Crippen LogP contribution in [0.4, 0.5) is 17.1 Å². The van der Waals surface area contributed by atoms with Gasteiger partial charge in [0.15, 0.2) is 0 Å². The zero-order chi connectivity index (χ0) is 18.2. The van der Waals surface area contributed by atoms with E-state index in [9.17, 15) is 9.59 Å². The normalized spacial score (nSPS) is 10.4. The van der Waals surface area contributed by atoms with Gasteiger partial charge >= 0.3 is 0 Å². The van der Waals surface area contributed by atoms with Crippen LogP contribution in [0.5, 0.6) is 0 Å². The zero-order valence-corrected chi connectivity index (χ0v) is 14.9. The maximum atomic E-state index is 12.2. The molecule has 0 aromatic heterocycles. The molecule has 0 aliphatic rings. The molecule has 25 heavy (non-hydrogen) atoms. The average Bonchev–Trinajstić information content (AvgIpc) is 2.55. The first-order valence-electron chi connectivity index (χ1n) is 8.46. The van der Waals surface area contributed by atoms with E-state index in [2.05, 4.69) is 29.8 Å². The second kappa shape index (κ2) is 8.87. The predicted molar refractivity (Wildman–Crippen MR) is 103 cm³/mol. The van der Waals surface area contributed by atoms with Gasteiger partial charge in [-0.05, 0) is 35.7 Å². The van der Waals surface area contributed by atoms with E-state index in [1.807, 2.05) is 48.5 Å². The summed E-state index contributed by atoms with van der Waals surface area (Å²) in [5.74, 6) is 0.213. The fourth-order valence-corrected chi connectivity index (χ4v) is 2.56. The SMILES string of the molecule is CC(=O)Nc1cccc(NCCC(=O)Nc2ccccc2C(C)C)c1. The van der Waals surface area contributed by atoms with Gasteiger partial charge in [-0.1, -0.05) is 38.1 Å². The zero-order valence-electron chi connectivity index (χ0n) is 14.9. The molecule has 2 rings (SSSR count). The molecule has 0 radical (unpaired) electrons. The van der Waals surface area contributed by atoms with E-state index in [0.717, 1.165) is 22.6 Å². The molecule has 0 fully saturated rings. The van der Waals surface area contributed by atoms with Crippen LogP contribution in [-0.2, 0) is 9.59 Å². The summed E-state index contributed by atoms with van der Waals surface area (Å²) in [4.78, 5) is 23.3. The average molecular weight is 339 g/mol. The van der Waals surface area contributed by atoms with Gasteiger partial charge in [0.1, 0.15) is 0 Å². The van der Waals surface area contributed by atoms with Crippen LogP contribution in [0.2, 0.25) is 0 Å². The molecule has 3 N–H and O–H groups in total. The minimum absolute atomic E-state index is 0.0291. The van der Waals surface area contributed by atoms with Crippen molar-refractivity contribution in [3.63, 3.8) is 0 Å². The summed E-state index contributed by atoms with van der Waals surface area (Å²) in [6, 6.07) is 15.3. The second-order valence-electron chi connectivity index (χ2n) is 6.23. The predicted octanol–water partition coefficient (Wildman–Crippen LogP) is 4.21. The fraction of sp³-hybridized carbons (Fsp3) is 0.300. The Hall–Kier alpha value is -2.82. The minimum Gasteiger partial charge on any atom is -0.384 e. The minimum atomic E-state index is -0.111. The van der Waals surface area contributed by atoms with Crippen LogP contribution in [-0.4, -0.2) is 18.4 Å². The molecule has 0 bridgehead atoms. The number of hydrogen-bond donors (Lipinski definition) is 3. The topological polar surface area (TPSA) is 70.2 Å². The van der Waals surface area contributed by atoms with Crippen LogP contribution in [0.15, 0.2) is 48.5 Å². The van der Waals surface area contributed by atoms with Gasteiger partial charge in [0.25, 0.3) is 0 Å². The third-order valence-corrected chi connectivity index (χ3v) is 3.72. The first-order chi connectivity index (χ1) is 12.0. The first kappa shape index (κ1) is 18.5. The molecule has 0 atom stereocenters. The van der Waals surface area contributed by atoms with Gasteiger partial charge in [0.05, 0.1) is 0 Å². The molecule has 2 amide bonds. The van der Waals surface area contributed by atoms with Gasteiger partial charge in [0, 0.05) is 37.0 Å². The van der Waals surface area contributed by atoms with Crippen LogP contribution in [0.25, 0.3) is 0 Å². The van der Waals surface area contributed by atoms with E-state index in [1.54, 1.807) is 0 Å². The molecule has 0 heterocycles. The molecule has 132 valence electrons. The van der Waals surface area contributed by atoms with Gasteiger partial charge in [-0.2, -0.15) is 0 Å². The Labute approximate surface area is 148 Å². The summed E-state index contributed by atoms with van der Waals surface area (Å²) in [5.41, 5.74) is 3.59. The summed E-state index contributed by atoms with van der Waals surface area (Å²) in [6.45, 7) is 6.20. The Morgan fingerprint density at radius 2 is 1.68 bits per heavy atom. The third-order valence-electron chi connectivity index (χ3n) is 3.72. The Morgan fingerprint density at radius 3 is 2.40 bits per heavy atom. The van der Waals surface area contributed by atoms with E-state index in [0.29, 0.717) is 18.9 Å². The van der Waals surface area contributed by atoms with E-state index in [4.69, 9.17) is 0 Å². The van der Waals surface area contributed by atoms with E-state index < -0.39 is 0 Å². The number of amides is 2. The third kappa shape index (κ3) is 5.95. The van der Waals surface area contributed by atoms with Crippen molar-refractivity contribution in [2.24, 2.45) is 0 Å². The number of benzene rings is 2. The smallest absolute Gasteiger partial charge is 0.226 e. The number of carbonyl (C=O) groups excluding carboxylic acids is 2. The number of anilines is 3. The van der Waals surface area contributed by atoms with Crippen molar-refractivity contribution in [1.29, 1.82) is 0 Å². The molecule has 0 unspecified atom stereocenters. The van der Waals surface area contributed by atoms with Crippen molar-refractivity contribution in [3.05, 3.63) is 54.1 Å². The number of hydrogen-bond acceptors (Lipinski definition) is 3. The molecule has 0 saturated heterocycles. The van der Waals surface area contributed by atoms with Gasteiger partial charge in [-0.15, -0.1) is 0 Å². The highest BCUT2D eigenvalue weighted by Gasteiger charge is 2.09. The van der Waals surface area contributed by atoms with Crippen molar-refractivity contribution >= 4 is 28.9 Å². The van der Waals surface area contributed by atoms with Crippen LogP contribution in [0.1, 0.15) is 38.7 Å². The van der Waals surface area contributed by atoms with Crippen LogP contribution in [0.3, 0.4) is 0 Å². The lowest BCUT2D eigenvalue weighted by Gasteiger charge is -2.14. The van der Waals surface area contributed by atoms with Crippen molar-refractivity contribution in [2.45, 2.75) is 33.1 Å². The molecular formula is C20H25N3O2. The van der Waals surface area contributed by atoms with Crippen molar-refractivity contribution in [2.75, 3.05) is 22.5 Å². The quantitative estimate of drug-likeness (QED) is 0.708.